The van der Waals surface area contributed by atoms with E-state index in [1.807, 2.05) is 0 Å². The molecule has 0 aliphatic carbocycles. The molecule has 0 amide bonds. The maximum atomic E-state index is 5.89. The number of ether oxygens (including phenoxy) is 1. The Morgan fingerprint density at radius 3 is 2.69 bits per heavy atom. The molecule has 1 fully saturated rings. The molecule has 1 aromatic carbocycles. The summed E-state index contributed by atoms with van der Waals surface area (Å²) < 4.78 is 5.89. The minimum Gasteiger partial charge on any atom is -0.493 e. The van der Waals surface area contributed by atoms with Gasteiger partial charge in [-0.25, -0.2) is 0 Å². The van der Waals surface area contributed by atoms with Crippen molar-refractivity contribution < 1.29 is 4.74 Å². The van der Waals surface area contributed by atoms with Gasteiger partial charge in [-0.3, -0.25) is 0 Å². The van der Waals surface area contributed by atoms with E-state index >= 15 is 0 Å². The fourth-order valence-electron chi connectivity index (χ4n) is 2.33. The highest BCUT2D eigenvalue weighted by atomic mass is 16.5. The molecule has 88 valence electrons. The van der Waals surface area contributed by atoms with Gasteiger partial charge in [-0.2, -0.15) is 0 Å². The Labute approximate surface area is 98.0 Å². The summed E-state index contributed by atoms with van der Waals surface area (Å²) in [6.07, 6.45) is 3.73. The SMILES string of the molecule is Cc1cccc(C)c1OCCC1CCCN1. The van der Waals surface area contributed by atoms with Gasteiger partial charge in [0.05, 0.1) is 6.61 Å². The van der Waals surface area contributed by atoms with Crippen molar-refractivity contribution in [3.8, 4) is 5.75 Å². The summed E-state index contributed by atoms with van der Waals surface area (Å²) in [5.74, 6) is 1.07. The van der Waals surface area contributed by atoms with Crippen LogP contribution in [0.1, 0.15) is 30.4 Å². The Hall–Kier alpha value is -1.02. The van der Waals surface area contributed by atoms with Crippen molar-refractivity contribution in [1.82, 2.24) is 5.32 Å². The first kappa shape index (κ1) is 11.5. The summed E-state index contributed by atoms with van der Waals surface area (Å²) >= 11 is 0. The smallest absolute Gasteiger partial charge is 0.125 e. The normalized spacial score (nSPS) is 20.0. The Morgan fingerprint density at radius 1 is 1.31 bits per heavy atom. The van der Waals surface area contributed by atoms with E-state index in [1.165, 1.54) is 30.5 Å². The lowest BCUT2D eigenvalue weighted by Crippen LogP contribution is -2.23. The zero-order valence-electron chi connectivity index (χ0n) is 10.3. The first-order valence-electron chi connectivity index (χ1n) is 6.20. The van der Waals surface area contributed by atoms with E-state index in [9.17, 15) is 0 Å². The zero-order chi connectivity index (χ0) is 11.4. The third-order valence-electron chi connectivity index (χ3n) is 3.28. The number of para-hydroxylation sites is 1. The van der Waals surface area contributed by atoms with Crippen LogP contribution >= 0.6 is 0 Å². The summed E-state index contributed by atoms with van der Waals surface area (Å²) in [6, 6.07) is 6.96. The van der Waals surface area contributed by atoms with Gasteiger partial charge in [-0.05, 0) is 50.8 Å². The van der Waals surface area contributed by atoms with Crippen LogP contribution in [0.4, 0.5) is 0 Å². The molecular formula is C14H21NO. The van der Waals surface area contributed by atoms with Crippen molar-refractivity contribution in [3.05, 3.63) is 29.3 Å². The van der Waals surface area contributed by atoms with E-state index in [0.29, 0.717) is 6.04 Å². The van der Waals surface area contributed by atoms with Gasteiger partial charge in [0.15, 0.2) is 0 Å². The highest BCUT2D eigenvalue weighted by Crippen LogP contribution is 2.22. The molecular weight excluding hydrogens is 198 g/mol. The average Bonchev–Trinajstić information content (AvgIpc) is 2.75. The van der Waals surface area contributed by atoms with Crippen LogP contribution in [0.2, 0.25) is 0 Å². The molecule has 1 aromatic rings. The van der Waals surface area contributed by atoms with Gasteiger partial charge in [0.2, 0.25) is 0 Å². The van der Waals surface area contributed by atoms with Crippen LogP contribution in [0, 0.1) is 13.8 Å². The van der Waals surface area contributed by atoms with E-state index in [1.54, 1.807) is 0 Å². The first-order chi connectivity index (χ1) is 7.77. The monoisotopic (exact) mass is 219 g/mol. The first-order valence-corrected chi connectivity index (χ1v) is 6.20. The van der Waals surface area contributed by atoms with Crippen molar-refractivity contribution in [2.24, 2.45) is 0 Å². The van der Waals surface area contributed by atoms with E-state index < -0.39 is 0 Å². The van der Waals surface area contributed by atoms with Crippen molar-refractivity contribution in [1.29, 1.82) is 0 Å². The second-order valence-electron chi connectivity index (χ2n) is 4.65. The zero-order valence-corrected chi connectivity index (χ0v) is 10.3. The number of hydrogen-bond acceptors (Lipinski definition) is 2. The largest absolute Gasteiger partial charge is 0.493 e. The number of rotatable bonds is 4. The molecule has 2 rings (SSSR count). The molecule has 0 saturated carbocycles. The number of benzene rings is 1. The minimum atomic E-state index is 0.671. The highest BCUT2D eigenvalue weighted by Gasteiger charge is 2.13. The molecule has 0 radical (unpaired) electrons. The molecule has 1 unspecified atom stereocenters. The van der Waals surface area contributed by atoms with Gasteiger partial charge in [0.1, 0.15) is 5.75 Å². The summed E-state index contributed by atoms with van der Waals surface area (Å²) in [5, 5.41) is 3.49. The third-order valence-corrected chi connectivity index (χ3v) is 3.28. The van der Waals surface area contributed by atoms with Gasteiger partial charge < -0.3 is 10.1 Å². The summed E-state index contributed by atoms with van der Waals surface area (Å²) in [6.45, 7) is 6.21. The lowest BCUT2D eigenvalue weighted by molar-refractivity contribution is 0.289. The second-order valence-corrected chi connectivity index (χ2v) is 4.65. The van der Waals surface area contributed by atoms with E-state index in [2.05, 4.69) is 37.4 Å². The van der Waals surface area contributed by atoms with Gasteiger partial charge in [0.25, 0.3) is 0 Å². The molecule has 1 heterocycles. The maximum absolute atomic E-state index is 5.89. The quantitative estimate of drug-likeness (QED) is 0.840. The van der Waals surface area contributed by atoms with Crippen LogP contribution in [0.25, 0.3) is 0 Å². The molecule has 1 saturated heterocycles. The van der Waals surface area contributed by atoms with Crippen LogP contribution in [0.15, 0.2) is 18.2 Å². The molecule has 1 aliphatic heterocycles. The van der Waals surface area contributed by atoms with Crippen LogP contribution in [0.5, 0.6) is 5.75 Å². The lowest BCUT2D eigenvalue weighted by Gasteiger charge is -2.14. The predicted molar refractivity (Wildman–Crippen MR) is 67.1 cm³/mol. The van der Waals surface area contributed by atoms with Crippen LogP contribution in [0.3, 0.4) is 0 Å². The lowest BCUT2D eigenvalue weighted by atomic mass is 10.1. The fourth-order valence-corrected chi connectivity index (χ4v) is 2.33. The van der Waals surface area contributed by atoms with Crippen molar-refractivity contribution in [2.75, 3.05) is 13.2 Å². The van der Waals surface area contributed by atoms with Gasteiger partial charge >= 0.3 is 0 Å². The topological polar surface area (TPSA) is 21.3 Å². The summed E-state index contributed by atoms with van der Waals surface area (Å²) in [7, 11) is 0. The molecule has 0 aromatic heterocycles. The highest BCUT2D eigenvalue weighted by molar-refractivity contribution is 5.39. The minimum absolute atomic E-state index is 0.671. The molecule has 0 spiro atoms. The van der Waals surface area contributed by atoms with Gasteiger partial charge in [-0.15, -0.1) is 0 Å². The molecule has 1 atom stereocenters. The molecule has 2 heteroatoms. The Bertz CT molecular complexity index is 322. The second kappa shape index (κ2) is 5.35. The van der Waals surface area contributed by atoms with Gasteiger partial charge in [0, 0.05) is 6.04 Å². The van der Waals surface area contributed by atoms with E-state index in [-0.39, 0.29) is 0 Å². The van der Waals surface area contributed by atoms with Crippen molar-refractivity contribution in [2.45, 2.75) is 39.2 Å². The number of hydrogen-bond donors (Lipinski definition) is 1. The van der Waals surface area contributed by atoms with Crippen LogP contribution in [-0.4, -0.2) is 19.2 Å². The fraction of sp³-hybridized carbons (Fsp3) is 0.571. The summed E-state index contributed by atoms with van der Waals surface area (Å²) in [4.78, 5) is 0. The van der Waals surface area contributed by atoms with E-state index in [0.717, 1.165) is 18.8 Å². The summed E-state index contributed by atoms with van der Waals surface area (Å²) in [5.41, 5.74) is 2.47. The molecule has 16 heavy (non-hydrogen) atoms. The third kappa shape index (κ3) is 2.76. The average molecular weight is 219 g/mol. The Kier molecular flexibility index (Phi) is 3.83. The number of aryl methyl sites for hydroxylation is 2. The predicted octanol–water partition coefficient (Wildman–Crippen LogP) is 2.82. The van der Waals surface area contributed by atoms with Crippen LogP contribution in [-0.2, 0) is 0 Å². The maximum Gasteiger partial charge on any atom is 0.125 e. The molecule has 0 bridgehead atoms. The Balaban J connectivity index is 1.84. The van der Waals surface area contributed by atoms with E-state index in [4.69, 9.17) is 4.74 Å². The molecule has 1 aliphatic rings. The van der Waals surface area contributed by atoms with Crippen LogP contribution < -0.4 is 10.1 Å². The molecule has 1 N–H and O–H groups in total. The molecule has 2 nitrogen and oxygen atoms in total. The van der Waals surface area contributed by atoms with Crippen molar-refractivity contribution in [3.63, 3.8) is 0 Å². The Morgan fingerprint density at radius 2 is 2.06 bits per heavy atom. The number of nitrogens with one attached hydrogen (secondary N) is 1. The standard InChI is InChI=1S/C14H21NO/c1-11-5-3-6-12(2)14(11)16-10-8-13-7-4-9-15-13/h3,5-6,13,15H,4,7-10H2,1-2H3. The van der Waals surface area contributed by atoms with Gasteiger partial charge in [-0.1, -0.05) is 18.2 Å². The van der Waals surface area contributed by atoms with Crippen molar-refractivity contribution >= 4 is 0 Å².